The van der Waals surface area contributed by atoms with E-state index >= 15 is 0 Å². The second kappa shape index (κ2) is 11.3. The number of rotatable bonds is 6. The molecule has 44 heavy (non-hydrogen) atoms. The molecule has 0 bridgehead atoms. The Balaban J connectivity index is 1.36. The van der Waals surface area contributed by atoms with Gasteiger partial charge >= 0.3 is 0 Å². The van der Waals surface area contributed by atoms with Crippen LogP contribution in [0.1, 0.15) is 0 Å². The molecule has 0 aliphatic heterocycles. The summed E-state index contributed by atoms with van der Waals surface area (Å²) in [4.78, 5) is 2.41. The number of nitrogens with zero attached hydrogens (tertiary/aromatic N) is 1. The van der Waals surface area contributed by atoms with E-state index in [1.807, 2.05) is 11.3 Å². The summed E-state index contributed by atoms with van der Waals surface area (Å²) < 4.78 is 2.61. The van der Waals surface area contributed by atoms with Gasteiger partial charge in [-0.3, -0.25) is 0 Å². The Morgan fingerprint density at radius 1 is 0.364 bits per heavy atom. The SMILES string of the molecule is c1ccc(-c2ccc(-c3c(-c4ccccc4)cccc3N(c3ccccc3)c3ccc4c(c3)sc3ccccc34)cc2)cc1. The molecule has 7 aromatic carbocycles. The van der Waals surface area contributed by atoms with Crippen LogP contribution < -0.4 is 4.90 Å². The van der Waals surface area contributed by atoms with Crippen LogP contribution in [-0.4, -0.2) is 0 Å². The zero-order valence-electron chi connectivity index (χ0n) is 24.1. The van der Waals surface area contributed by atoms with E-state index in [9.17, 15) is 0 Å². The molecule has 2 heteroatoms. The third-order valence-corrected chi connectivity index (χ3v) is 9.42. The summed E-state index contributed by atoms with van der Waals surface area (Å²) in [5.41, 5.74) is 10.6. The highest BCUT2D eigenvalue weighted by Gasteiger charge is 2.21. The van der Waals surface area contributed by atoms with Crippen LogP contribution in [0.25, 0.3) is 53.6 Å². The molecule has 0 saturated heterocycles. The molecule has 0 unspecified atom stereocenters. The molecule has 0 N–H and O–H groups in total. The van der Waals surface area contributed by atoms with Crippen LogP contribution in [0.2, 0.25) is 0 Å². The van der Waals surface area contributed by atoms with Crippen molar-refractivity contribution >= 4 is 48.6 Å². The molecule has 0 spiro atoms. The Kier molecular flexibility index (Phi) is 6.75. The van der Waals surface area contributed by atoms with Crippen molar-refractivity contribution in [3.8, 4) is 33.4 Å². The highest BCUT2D eigenvalue weighted by atomic mass is 32.1. The van der Waals surface area contributed by atoms with Crippen molar-refractivity contribution in [2.24, 2.45) is 0 Å². The highest BCUT2D eigenvalue weighted by Crippen LogP contribution is 2.47. The lowest BCUT2D eigenvalue weighted by molar-refractivity contribution is 1.29. The van der Waals surface area contributed by atoms with E-state index in [0.717, 1.165) is 17.1 Å². The number of fused-ring (bicyclic) bond motifs is 3. The van der Waals surface area contributed by atoms with Gasteiger partial charge in [0.25, 0.3) is 0 Å². The topological polar surface area (TPSA) is 3.24 Å². The number of anilines is 3. The Bertz CT molecular complexity index is 2200. The lowest BCUT2D eigenvalue weighted by Crippen LogP contribution is -2.11. The monoisotopic (exact) mass is 579 g/mol. The first-order chi connectivity index (χ1) is 21.8. The second-order valence-electron chi connectivity index (χ2n) is 11.0. The molecular weight excluding hydrogens is 551 g/mol. The number of hydrogen-bond acceptors (Lipinski definition) is 2. The summed E-state index contributed by atoms with van der Waals surface area (Å²) in [6.45, 7) is 0. The van der Waals surface area contributed by atoms with Gasteiger partial charge < -0.3 is 4.90 Å². The first kappa shape index (κ1) is 26.2. The Hall–Kier alpha value is -5.44. The van der Waals surface area contributed by atoms with Crippen molar-refractivity contribution in [2.75, 3.05) is 4.90 Å². The number of benzene rings is 7. The van der Waals surface area contributed by atoms with Crippen LogP contribution in [0.15, 0.2) is 176 Å². The largest absolute Gasteiger partial charge is 0.310 e. The average molecular weight is 580 g/mol. The molecule has 208 valence electrons. The summed E-state index contributed by atoms with van der Waals surface area (Å²) in [6, 6.07) is 63.4. The Morgan fingerprint density at radius 2 is 0.955 bits per heavy atom. The molecule has 0 fully saturated rings. The predicted molar refractivity (Wildman–Crippen MR) is 190 cm³/mol. The van der Waals surface area contributed by atoms with Gasteiger partial charge in [0.1, 0.15) is 0 Å². The molecule has 0 radical (unpaired) electrons. The summed E-state index contributed by atoms with van der Waals surface area (Å²) in [5.74, 6) is 0. The third kappa shape index (κ3) is 4.76. The first-order valence-electron chi connectivity index (χ1n) is 14.9. The second-order valence-corrected chi connectivity index (χ2v) is 12.0. The normalized spacial score (nSPS) is 11.2. The standard InChI is InChI=1S/C42H29NS/c1-4-13-30(14-5-1)31-23-25-33(26-24-31)42-36(32-15-6-2-7-16-32)20-12-21-39(42)43(34-17-8-3-9-18-34)35-27-28-38-37-19-10-11-22-40(37)44-41(38)29-35/h1-29H. The van der Waals surface area contributed by atoms with E-state index in [0.29, 0.717) is 0 Å². The van der Waals surface area contributed by atoms with E-state index in [1.165, 1.54) is 53.6 Å². The molecule has 1 aromatic heterocycles. The van der Waals surface area contributed by atoms with Crippen molar-refractivity contribution in [2.45, 2.75) is 0 Å². The van der Waals surface area contributed by atoms with Gasteiger partial charge in [0.05, 0.1) is 5.69 Å². The van der Waals surface area contributed by atoms with Gasteiger partial charge in [-0.15, -0.1) is 11.3 Å². The maximum atomic E-state index is 2.41. The molecule has 0 atom stereocenters. The van der Waals surface area contributed by atoms with Gasteiger partial charge in [-0.2, -0.15) is 0 Å². The average Bonchev–Trinajstić information content (AvgIpc) is 3.48. The molecule has 1 nitrogen and oxygen atoms in total. The molecule has 0 aliphatic rings. The lowest BCUT2D eigenvalue weighted by Gasteiger charge is -2.29. The smallest absolute Gasteiger partial charge is 0.0546 e. The predicted octanol–water partition coefficient (Wildman–Crippen LogP) is 12.5. The zero-order chi connectivity index (χ0) is 29.3. The molecule has 8 rings (SSSR count). The molecule has 0 saturated carbocycles. The van der Waals surface area contributed by atoms with Crippen LogP contribution in [0.4, 0.5) is 17.1 Å². The van der Waals surface area contributed by atoms with E-state index in [2.05, 4.69) is 181 Å². The van der Waals surface area contributed by atoms with E-state index in [1.54, 1.807) is 0 Å². The van der Waals surface area contributed by atoms with Gasteiger partial charge in [0.15, 0.2) is 0 Å². The maximum absolute atomic E-state index is 2.41. The van der Waals surface area contributed by atoms with E-state index in [4.69, 9.17) is 0 Å². The van der Waals surface area contributed by atoms with Crippen molar-refractivity contribution < 1.29 is 0 Å². The summed E-state index contributed by atoms with van der Waals surface area (Å²) in [5, 5.41) is 2.62. The van der Waals surface area contributed by atoms with Crippen molar-refractivity contribution in [1.82, 2.24) is 0 Å². The Labute approximate surface area is 261 Å². The van der Waals surface area contributed by atoms with Crippen LogP contribution in [-0.2, 0) is 0 Å². The minimum Gasteiger partial charge on any atom is -0.310 e. The highest BCUT2D eigenvalue weighted by molar-refractivity contribution is 7.25. The number of hydrogen-bond donors (Lipinski definition) is 0. The summed E-state index contributed by atoms with van der Waals surface area (Å²) >= 11 is 1.86. The van der Waals surface area contributed by atoms with Crippen LogP contribution in [0.5, 0.6) is 0 Å². The molecule has 0 aliphatic carbocycles. The van der Waals surface area contributed by atoms with Crippen LogP contribution in [0.3, 0.4) is 0 Å². The molecule has 8 aromatic rings. The van der Waals surface area contributed by atoms with E-state index < -0.39 is 0 Å². The van der Waals surface area contributed by atoms with E-state index in [-0.39, 0.29) is 0 Å². The van der Waals surface area contributed by atoms with Gasteiger partial charge in [0.2, 0.25) is 0 Å². The fraction of sp³-hybridized carbons (Fsp3) is 0. The van der Waals surface area contributed by atoms with Gasteiger partial charge in [-0.25, -0.2) is 0 Å². The zero-order valence-corrected chi connectivity index (χ0v) is 24.9. The number of thiophene rings is 1. The molecule has 1 heterocycles. The Morgan fingerprint density at radius 3 is 1.70 bits per heavy atom. The van der Waals surface area contributed by atoms with Gasteiger partial charge in [0, 0.05) is 37.1 Å². The minimum atomic E-state index is 1.13. The quantitative estimate of drug-likeness (QED) is 0.189. The molecule has 0 amide bonds. The lowest BCUT2D eigenvalue weighted by atomic mass is 9.91. The third-order valence-electron chi connectivity index (χ3n) is 8.28. The first-order valence-corrected chi connectivity index (χ1v) is 15.8. The maximum Gasteiger partial charge on any atom is 0.0546 e. The van der Waals surface area contributed by atoms with Crippen LogP contribution >= 0.6 is 11.3 Å². The fourth-order valence-electron chi connectivity index (χ4n) is 6.21. The van der Waals surface area contributed by atoms with Crippen LogP contribution in [0, 0.1) is 0 Å². The number of para-hydroxylation sites is 1. The van der Waals surface area contributed by atoms with Gasteiger partial charge in [-0.05, 0) is 64.2 Å². The summed E-state index contributed by atoms with van der Waals surface area (Å²) in [7, 11) is 0. The minimum absolute atomic E-state index is 1.13. The van der Waals surface area contributed by atoms with Gasteiger partial charge in [-0.1, -0.05) is 140 Å². The molecular formula is C42H29NS. The summed E-state index contributed by atoms with van der Waals surface area (Å²) in [6.07, 6.45) is 0. The fourth-order valence-corrected chi connectivity index (χ4v) is 7.35. The van der Waals surface area contributed by atoms with Crippen molar-refractivity contribution in [1.29, 1.82) is 0 Å². The van der Waals surface area contributed by atoms with Crippen molar-refractivity contribution in [3.63, 3.8) is 0 Å². The van der Waals surface area contributed by atoms with Crippen molar-refractivity contribution in [3.05, 3.63) is 176 Å².